The summed E-state index contributed by atoms with van der Waals surface area (Å²) in [5, 5.41) is 8.96. The van der Waals surface area contributed by atoms with E-state index in [2.05, 4.69) is 20.9 Å². The van der Waals surface area contributed by atoms with Crippen LogP contribution in [0.15, 0.2) is 42.5 Å². The highest BCUT2D eigenvalue weighted by Crippen LogP contribution is 2.25. The van der Waals surface area contributed by atoms with Crippen LogP contribution in [0.2, 0.25) is 0 Å². The lowest BCUT2D eigenvalue weighted by Crippen LogP contribution is -2.47. The van der Waals surface area contributed by atoms with Gasteiger partial charge < -0.3 is 30.4 Å². The molecule has 0 saturated carbocycles. The van der Waals surface area contributed by atoms with Crippen LogP contribution in [0.1, 0.15) is 40.1 Å². The Hall–Kier alpha value is -4.08. The van der Waals surface area contributed by atoms with Crippen molar-refractivity contribution in [3.8, 4) is 11.5 Å². The quantitative estimate of drug-likeness (QED) is 0.457. The van der Waals surface area contributed by atoms with E-state index in [1.54, 1.807) is 30.3 Å². The van der Waals surface area contributed by atoms with Crippen LogP contribution in [-0.4, -0.2) is 55.6 Å². The second-order valence-electron chi connectivity index (χ2n) is 8.19. The number of carbonyl (C=O) groups is 3. The molecule has 1 atom stereocenters. The largest absolute Gasteiger partial charge is 0.497 e. The van der Waals surface area contributed by atoms with E-state index < -0.39 is 17.8 Å². The number of hydrogen-bond acceptors (Lipinski definition) is 5. The highest BCUT2D eigenvalue weighted by atomic mass is 19.1. The molecule has 4 N–H and O–H groups in total. The molecule has 0 unspecified atom stereocenters. The second-order valence-corrected chi connectivity index (χ2v) is 8.19. The van der Waals surface area contributed by atoms with Gasteiger partial charge in [0.2, 0.25) is 5.91 Å². The molecule has 3 amide bonds. The van der Waals surface area contributed by atoms with Gasteiger partial charge in [0, 0.05) is 23.5 Å². The maximum atomic E-state index is 13.5. The van der Waals surface area contributed by atoms with Crippen molar-refractivity contribution in [3.05, 3.63) is 59.5 Å². The summed E-state index contributed by atoms with van der Waals surface area (Å²) in [6.07, 6.45) is 1.60. The Morgan fingerprint density at radius 1 is 1.09 bits per heavy atom. The molecule has 1 aliphatic rings. The van der Waals surface area contributed by atoms with Gasteiger partial charge in [-0.3, -0.25) is 14.4 Å². The Bertz CT molecular complexity index is 1240. The Balaban J connectivity index is 1.44. The number of aromatic nitrogens is 1. The van der Waals surface area contributed by atoms with Gasteiger partial charge in [0.1, 0.15) is 35.7 Å². The van der Waals surface area contributed by atoms with Crippen molar-refractivity contribution in [1.29, 1.82) is 0 Å². The third-order valence-corrected chi connectivity index (χ3v) is 5.75. The Labute approximate surface area is 201 Å². The standard InChI is InChI=1S/C25H27FN4O5/c1-34-17-6-7-18-22(14-17)35-11-10-28-24(32)20(4-2-3-9-27-23(18)31)30-25(33)21-13-15-12-16(26)5-8-19(15)29-21/h5-8,12-14,20,29H,2-4,9-11H2,1H3,(H,27,31)(H,28,32)(H,30,33)/t20-/m0/s1. The van der Waals surface area contributed by atoms with E-state index in [9.17, 15) is 18.8 Å². The zero-order chi connectivity index (χ0) is 24.8. The number of methoxy groups -OCH3 is 1. The summed E-state index contributed by atoms with van der Waals surface area (Å²) in [5.74, 6) is -0.560. The number of nitrogens with one attached hydrogen (secondary N) is 4. The van der Waals surface area contributed by atoms with E-state index in [1.165, 1.54) is 19.2 Å². The summed E-state index contributed by atoms with van der Waals surface area (Å²) in [6, 6.07) is 9.90. The first kappa shape index (κ1) is 24.1. The van der Waals surface area contributed by atoms with Gasteiger partial charge in [0.25, 0.3) is 11.8 Å². The van der Waals surface area contributed by atoms with Crippen LogP contribution in [0.25, 0.3) is 10.9 Å². The molecule has 0 bridgehead atoms. The van der Waals surface area contributed by atoms with E-state index >= 15 is 0 Å². The SMILES string of the molecule is COc1ccc2c(c1)OCCNC(=O)[C@@H](NC(=O)c1cc3cc(F)ccc3[nH]1)CCCCNC2=O. The lowest BCUT2D eigenvalue weighted by molar-refractivity contribution is -0.123. The van der Waals surface area contributed by atoms with Crippen LogP contribution in [0.5, 0.6) is 11.5 Å². The van der Waals surface area contributed by atoms with Gasteiger partial charge in [-0.25, -0.2) is 4.39 Å². The van der Waals surface area contributed by atoms with Crippen molar-refractivity contribution in [1.82, 2.24) is 20.9 Å². The minimum Gasteiger partial charge on any atom is -0.497 e. The average Bonchev–Trinajstić information content (AvgIpc) is 3.28. The minimum atomic E-state index is -0.781. The maximum absolute atomic E-state index is 13.5. The van der Waals surface area contributed by atoms with Crippen LogP contribution in [0.3, 0.4) is 0 Å². The van der Waals surface area contributed by atoms with E-state index in [4.69, 9.17) is 9.47 Å². The summed E-state index contributed by atoms with van der Waals surface area (Å²) in [5.41, 5.74) is 1.24. The molecule has 9 nitrogen and oxygen atoms in total. The van der Waals surface area contributed by atoms with Gasteiger partial charge in [-0.05, 0) is 55.7 Å². The van der Waals surface area contributed by atoms with Gasteiger partial charge in [-0.15, -0.1) is 0 Å². The molecule has 0 spiro atoms. The molecule has 0 saturated heterocycles. The third-order valence-electron chi connectivity index (χ3n) is 5.75. The van der Waals surface area contributed by atoms with Gasteiger partial charge in [0.05, 0.1) is 19.2 Å². The number of fused-ring (bicyclic) bond motifs is 2. The van der Waals surface area contributed by atoms with Crippen molar-refractivity contribution in [2.24, 2.45) is 0 Å². The Kier molecular flexibility index (Phi) is 7.49. The normalized spacial score (nSPS) is 17.4. The van der Waals surface area contributed by atoms with Crippen molar-refractivity contribution >= 4 is 28.6 Å². The zero-order valence-corrected chi connectivity index (χ0v) is 19.3. The summed E-state index contributed by atoms with van der Waals surface area (Å²) < 4.78 is 24.4. The minimum absolute atomic E-state index is 0.118. The number of H-pyrrole nitrogens is 1. The molecular weight excluding hydrogens is 455 g/mol. The fourth-order valence-electron chi connectivity index (χ4n) is 3.90. The first-order valence-corrected chi connectivity index (χ1v) is 11.4. The van der Waals surface area contributed by atoms with Crippen molar-refractivity contribution in [2.45, 2.75) is 25.3 Å². The van der Waals surface area contributed by atoms with Crippen LogP contribution in [-0.2, 0) is 4.79 Å². The average molecular weight is 483 g/mol. The van der Waals surface area contributed by atoms with Gasteiger partial charge >= 0.3 is 0 Å². The molecule has 1 aromatic heterocycles. The fraction of sp³-hybridized carbons (Fsp3) is 0.320. The summed E-state index contributed by atoms with van der Waals surface area (Å²) in [7, 11) is 1.52. The summed E-state index contributed by atoms with van der Waals surface area (Å²) >= 11 is 0. The highest BCUT2D eigenvalue weighted by molar-refractivity contribution is 6.00. The predicted octanol–water partition coefficient (Wildman–Crippen LogP) is 2.52. The van der Waals surface area contributed by atoms with E-state index in [0.29, 0.717) is 53.8 Å². The molecule has 4 rings (SSSR count). The zero-order valence-electron chi connectivity index (χ0n) is 19.3. The summed E-state index contributed by atoms with van der Waals surface area (Å²) in [6.45, 7) is 0.697. The van der Waals surface area contributed by atoms with Crippen molar-refractivity contribution < 1.29 is 28.2 Å². The van der Waals surface area contributed by atoms with Gasteiger partial charge in [0.15, 0.2) is 0 Å². The number of hydrogen-bond donors (Lipinski definition) is 4. The molecule has 2 aromatic carbocycles. The number of amides is 3. The molecule has 35 heavy (non-hydrogen) atoms. The number of benzene rings is 2. The van der Waals surface area contributed by atoms with Crippen molar-refractivity contribution in [2.75, 3.05) is 26.8 Å². The number of carbonyl (C=O) groups excluding carboxylic acids is 3. The van der Waals surface area contributed by atoms with Crippen LogP contribution < -0.4 is 25.4 Å². The molecule has 0 fully saturated rings. The second kappa shape index (κ2) is 10.9. The lowest BCUT2D eigenvalue weighted by Gasteiger charge is -2.19. The monoisotopic (exact) mass is 482 g/mol. The first-order valence-electron chi connectivity index (χ1n) is 11.4. The van der Waals surface area contributed by atoms with Crippen LogP contribution in [0, 0.1) is 5.82 Å². The Morgan fingerprint density at radius 2 is 1.94 bits per heavy atom. The van der Waals surface area contributed by atoms with Gasteiger partial charge in [-0.1, -0.05) is 0 Å². The number of halogens is 1. The maximum Gasteiger partial charge on any atom is 0.268 e. The third kappa shape index (κ3) is 5.89. The lowest BCUT2D eigenvalue weighted by atomic mass is 10.1. The molecule has 0 aliphatic carbocycles. The van der Waals surface area contributed by atoms with Crippen LogP contribution >= 0.6 is 0 Å². The first-order chi connectivity index (χ1) is 16.9. The number of ether oxygens (including phenoxy) is 2. The molecule has 3 aromatic rings. The van der Waals surface area contributed by atoms with E-state index in [-0.39, 0.29) is 30.7 Å². The molecular formula is C25H27FN4O5. The predicted molar refractivity (Wildman–Crippen MR) is 127 cm³/mol. The smallest absolute Gasteiger partial charge is 0.268 e. The molecule has 0 radical (unpaired) electrons. The van der Waals surface area contributed by atoms with Crippen LogP contribution in [0.4, 0.5) is 4.39 Å². The van der Waals surface area contributed by atoms with E-state index in [0.717, 1.165) is 0 Å². The van der Waals surface area contributed by atoms with E-state index in [1.807, 2.05) is 0 Å². The highest BCUT2D eigenvalue weighted by Gasteiger charge is 2.23. The number of rotatable bonds is 3. The van der Waals surface area contributed by atoms with Gasteiger partial charge in [-0.2, -0.15) is 0 Å². The number of aromatic amines is 1. The topological polar surface area (TPSA) is 122 Å². The molecule has 2 heterocycles. The molecule has 10 heteroatoms. The fourth-order valence-corrected chi connectivity index (χ4v) is 3.90. The summed E-state index contributed by atoms with van der Waals surface area (Å²) in [4.78, 5) is 41.2. The van der Waals surface area contributed by atoms with Crippen molar-refractivity contribution in [3.63, 3.8) is 0 Å². The molecule has 184 valence electrons. The molecule has 1 aliphatic heterocycles. The Morgan fingerprint density at radius 3 is 2.77 bits per heavy atom.